The molecule has 16 heavy (non-hydrogen) atoms. The summed E-state index contributed by atoms with van der Waals surface area (Å²) in [6.45, 7) is 5.01. The number of methoxy groups -OCH3 is 1. The van der Waals surface area contributed by atoms with Gasteiger partial charge >= 0.3 is 0 Å². The molecule has 0 atom stereocenters. The Kier molecular flexibility index (Phi) is 2.64. The molecular formula is C10H15N5O. The van der Waals surface area contributed by atoms with Gasteiger partial charge in [-0.3, -0.25) is 4.57 Å². The van der Waals surface area contributed by atoms with Crippen LogP contribution in [0.5, 0.6) is 5.88 Å². The number of aromatic nitrogens is 4. The fourth-order valence-electron chi connectivity index (χ4n) is 1.63. The molecule has 0 radical (unpaired) electrons. The van der Waals surface area contributed by atoms with Crippen molar-refractivity contribution in [3.63, 3.8) is 0 Å². The molecule has 0 amide bonds. The van der Waals surface area contributed by atoms with E-state index < -0.39 is 0 Å². The average Bonchev–Trinajstić information content (AvgIpc) is 2.55. The maximum atomic E-state index is 5.85. The lowest BCUT2D eigenvalue weighted by Gasteiger charge is -2.08. The van der Waals surface area contributed by atoms with Crippen molar-refractivity contribution < 1.29 is 4.74 Å². The number of nitrogen functional groups attached to an aromatic ring is 1. The molecule has 2 N–H and O–H groups in total. The molecule has 0 bridgehead atoms. The van der Waals surface area contributed by atoms with E-state index in [-0.39, 0.29) is 0 Å². The first kappa shape index (κ1) is 10.7. The summed E-state index contributed by atoms with van der Waals surface area (Å²) in [6, 6.07) is 0. The number of imidazole rings is 1. The second-order valence-electron chi connectivity index (χ2n) is 4.03. The Bertz CT molecular complexity index is 505. The van der Waals surface area contributed by atoms with Gasteiger partial charge in [0.1, 0.15) is 6.33 Å². The van der Waals surface area contributed by atoms with Crippen molar-refractivity contribution >= 4 is 17.1 Å². The number of rotatable bonds is 3. The third-order valence-corrected chi connectivity index (χ3v) is 2.27. The van der Waals surface area contributed by atoms with Crippen LogP contribution in [0.4, 0.5) is 5.95 Å². The molecule has 0 aliphatic heterocycles. The van der Waals surface area contributed by atoms with Gasteiger partial charge < -0.3 is 10.5 Å². The Balaban J connectivity index is 2.61. The van der Waals surface area contributed by atoms with Crippen molar-refractivity contribution in [2.45, 2.75) is 20.4 Å². The summed E-state index contributed by atoms with van der Waals surface area (Å²) in [5, 5.41) is 0. The summed E-state index contributed by atoms with van der Waals surface area (Å²) in [6.07, 6.45) is 1.46. The predicted octanol–water partition coefficient (Wildman–Crippen LogP) is 1.07. The molecule has 2 aromatic heterocycles. The van der Waals surface area contributed by atoms with Crippen LogP contribution >= 0.6 is 0 Å². The van der Waals surface area contributed by atoms with Gasteiger partial charge in [0, 0.05) is 6.54 Å². The topological polar surface area (TPSA) is 78.8 Å². The quantitative estimate of drug-likeness (QED) is 0.838. The van der Waals surface area contributed by atoms with E-state index in [0.717, 1.165) is 12.2 Å². The van der Waals surface area contributed by atoms with Crippen LogP contribution in [0.1, 0.15) is 13.8 Å². The minimum absolute atomic E-state index is 0.447. The Morgan fingerprint density at radius 2 is 2.19 bits per heavy atom. The molecular weight excluding hydrogens is 206 g/mol. The van der Waals surface area contributed by atoms with Gasteiger partial charge in [-0.15, -0.1) is 0 Å². The van der Waals surface area contributed by atoms with Gasteiger partial charge in [0.05, 0.1) is 7.11 Å². The number of nitrogens with zero attached hydrogens (tertiary/aromatic N) is 4. The zero-order chi connectivity index (χ0) is 11.7. The summed E-state index contributed by atoms with van der Waals surface area (Å²) in [4.78, 5) is 12.4. The number of nitrogens with two attached hydrogens (primary N) is 1. The summed E-state index contributed by atoms with van der Waals surface area (Å²) in [5.41, 5.74) is 7.19. The molecule has 6 nitrogen and oxygen atoms in total. The van der Waals surface area contributed by atoms with E-state index in [4.69, 9.17) is 10.5 Å². The molecule has 0 aliphatic rings. The first-order valence-electron chi connectivity index (χ1n) is 5.14. The summed E-state index contributed by atoms with van der Waals surface area (Å²) in [7, 11) is 1.55. The molecule has 6 heteroatoms. The smallest absolute Gasteiger partial charge is 0.245 e. The molecule has 2 heterocycles. The van der Waals surface area contributed by atoms with Gasteiger partial charge in [-0.2, -0.15) is 4.98 Å². The summed E-state index contributed by atoms with van der Waals surface area (Å²) in [5.74, 6) is 1.38. The zero-order valence-corrected chi connectivity index (χ0v) is 9.64. The molecule has 2 aromatic rings. The first-order valence-corrected chi connectivity index (χ1v) is 5.14. The number of ether oxygens (including phenoxy) is 1. The monoisotopic (exact) mass is 221 g/mol. The maximum absolute atomic E-state index is 5.85. The van der Waals surface area contributed by atoms with E-state index in [0.29, 0.717) is 23.3 Å². The average molecular weight is 221 g/mol. The van der Waals surface area contributed by atoms with E-state index >= 15 is 0 Å². The lowest BCUT2D eigenvalue weighted by atomic mass is 10.2. The zero-order valence-electron chi connectivity index (χ0n) is 9.64. The second-order valence-corrected chi connectivity index (χ2v) is 4.03. The van der Waals surface area contributed by atoms with Crippen LogP contribution in [0, 0.1) is 5.92 Å². The minimum Gasteiger partial charge on any atom is -0.479 e. The highest BCUT2D eigenvalue weighted by molar-refractivity contribution is 5.78. The highest BCUT2D eigenvalue weighted by atomic mass is 16.5. The van der Waals surface area contributed by atoms with E-state index in [1.807, 2.05) is 4.57 Å². The summed E-state index contributed by atoms with van der Waals surface area (Å²) < 4.78 is 7.00. The molecule has 86 valence electrons. The van der Waals surface area contributed by atoms with Crippen LogP contribution in [0.25, 0.3) is 11.2 Å². The number of hydrogen-bond donors (Lipinski definition) is 1. The fourth-order valence-corrected chi connectivity index (χ4v) is 1.63. The van der Waals surface area contributed by atoms with E-state index in [2.05, 4.69) is 28.8 Å². The lowest BCUT2D eigenvalue weighted by Crippen LogP contribution is -2.08. The van der Waals surface area contributed by atoms with Crippen LogP contribution < -0.4 is 10.5 Å². The van der Waals surface area contributed by atoms with Crippen molar-refractivity contribution in [3.8, 4) is 5.88 Å². The van der Waals surface area contributed by atoms with E-state index in [9.17, 15) is 0 Å². The predicted molar refractivity (Wildman–Crippen MR) is 61.1 cm³/mol. The van der Waals surface area contributed by atoms with Crippen molar-refractivity contribution in [2.75, 3.05) is 12.8 Å². The van der Waals surface area contributed by atoms with Crippen LogP contribution in [0.3, 0.4) is 0 Å². The Hall–Kier alpha value is -1.85. The Labute approximate surface area is 93.5 Å². The van der Waals surface area contributed by atoms with E-state index in [1.165, 1.54) is 6.33 Å². The molecule has 0 aliphatic carbocycles. The third kappa shape index (κ3) is 1.66. The molecule has 0 saturated carbocycles. The maximum Gasteiger partial charge on any atom is 0.245 e. The number of hydrogen-bond acceptors (Lipinski definition) is 5. The van der Waals surface area contributed by atoms with Crippen LogP contribution in [0.15, 0.2) is 6.33 Å². The molecule has 0 saturated heterocycles. The van der Waals surface area contributed by atoms with E-state index in [1.54, 1.807) is 7.11 Å². The molecule has 0 spiro atoms. The minimum atomic E-state index is 0.447. The lowest BCUT2D eigenvalue weighted by molar-refractivity contribution is 0.401. The number of fused-ring (bicyclic) bond motifs is 1. The third-order valence-electron chi connectivity index (χ3n) is 2.27. The van der Waals surface area contributed by atoms with Crippen molar-refractivity contribution in [2.24, 2.45) is 5.92 Å². The van der Waals surface area contributed by atoms with Crippen molar-refractivity contribution in [3.05, 3.63) is 6.33 Å². The highest BCUT2D eigenvalue weighted by Crippen LogP contribution is 2.23. The van der Waals surface area contributed by atoms with Crippen molar-refractivity contribution in [1.82, 2.24) is 19.5 Å². The van der Waals surface area contributed by atoms with Gasteiger partial charge in [0.25, 0.3) is 0 Å². The van der Waals surface area contributed by atoms with Crippen LogP contribution in [-0.4, -0.2) is 26.6 Å². The standard InChI is InChI=1S/C10H15N5O/c1-6(2)4-15-8-7(14-10(15)11)9(16-3)13-5-12-8/h5-6H,4H2,1-3H3,(H2,11,14). The van der Waals surface area contributed by atoms with Gasteiger partial charge in [0.2, 0.25) is 11.8 Å². The molecule has 0 unspecified atom stereocenters. The highest BCUT2D eigenvalue weighted by Gasteiger charge is 2.14. The summed E-state index contributed by atoms with van der Waals surface area (Å²) >= 11 is 0. The van der Waals surface area contributed by atoms with Gasteiger partial charge in [-0.1, -0.05) is 13.8 Å². The normalized spacial score (nSPS) is 11.2. The molecule has 0 aromatic carbocycles. The number of anilines is 1. The molecule has 0 fully saturated rings. The first-order chi connectivity index (χ1) is 7.63. The molecule has 2 rings (SSSR count). The SMILES string of the molecule is COc1ncnc2c1nc(N)n2CC(C)C. The fraction of sp³-hybridized carbons (Fsp3) is 0.500. The second kappa shape index (κ2) is 3.96. The van der Waals surface area contributed by atoms with Gasteiger partial charge in [-0.05, 0) is 5.92 Å². The Morgan fingerprint density at radius 3 is 2.81 bits per heavy atom. The van der Waals surface area contributed by atoms with Crippen molar-refractivity contribution in [1.29, 1.82) is 0 Å². The Morgan fingerprint density at radius 1 is 1.44 bits per heavy atom. The van der Waals surface area contributed by atoms with Crippen LogP contribution in [-0.2, 0) is 6.54 Å². The van der Waals surface area contributed by atoms with Gasteiger partial charge in [0.15, 0.2) is 11.2 Å². The largest absolute Gasteiger partial charge is 0.479 e. The van der Waals surface area contributed by atoms with Gasteiger partial charge in [-0.25, -0.2) is 9.97 Å². The van der Waals surface area contributed by atoms with Crippen LogP contribution in [0.2, 0.25) is 0 Å².